The number of fused-ring (bicyclic) bond motifs is 6. The van der Waals surface area contributed by atoms with Gasteiger partial charge in [-0.2, -0.15) is 0 Å². The summed E-state index contributed by atoms with van der Waals surface area (Å²) in [6, 6.07) is 69.9. The minimum absolute atomic E-state index is 0.252. The molecule has 0 spiro atoms. The molecule has 0 unspecified atom stereocenters. The highest BCUT2D eigenvalue weighted by Gasteiger charge is 2.49. The van der Waals surface area contributed by atoms with E-state index >= 15 is 0 Å². The molecule has 0 N–H and O–H groups in total. The number of hydrogen-bond donors (Lipinski definition) is 0. The molecular weight excluding hydrogens is 691 g/mol. The molecule has 0 radical (unpaired) electrons. The van der Waals surface area contributed by atoms with Gasteiger partial charge in [-0.25, -0.2) is 9.97 Å². The summed E-state index contributed by atoms with van der Waals surface area (Å²) < 4.78 is 2.49. The van der Waals surface area contributed by atoms with Gasteiger partial charge in [-0.3, -0.25) is 0 Å². The van der Waals surface area contributed by atoms with Gasteiger partial charge < -0.3 is 4.57 Å². The largest absolute Gasteiger partial charge is 0.313 e. The topological polar surface area (TPSA) is 30.7 Å². The van der Waals surface area contributed by atoms with Crippen LogP contribution in [0.25, 0.3) is 67.7 Å². The summed E-state index contributed by atoms with van der Waals surface area (Å²) in [5, 5.41) is 1.29. The summed E-state index contributed by atoms with van der Waals surface area (Å²) in [7, 11) is 0. The van der Waals surface area contributed by atoms with Crippen LogP contribution in [0.3, 0.4) is 0 Å². The number of aromatic nitrogens is 3. The predicted octanol–water partition coefficient (Wildman–Crippen LogP) is 13.0. The van der Waals surface area contributed by atoms with Crippen LogP contribution in [0, 0.1) is 5.92 Å². The van der Waals surface area contributed by atoms with Crippen LogP contribution in [0.1, 0.15) is 34.9 Å². The normalized spacial score (nSPS) is 15.1. The van der Waals surface area contributed by atoms with E-state index in [0.717, 1.165) is 34.5 Å². The Kier molecular flexibility index (Phi) is 7.75. The molecule has 3 nitrogen and oxygen atoms in total. The van der Waals surface area contributed by atoms with Crippen LogP contribution in [-0.4, -0.2) is 14.5 Å². The summed E-state index contributed by atoms with van der Waals surface area (Å²) in [6.45, 7) is 2.43. The first-order valence-corrected chi connectivity index (χ1v) is 19.9. The molecule has 0 bridgehead atoms. The molecule has 0 aliphatic heterocycles. The molecule has 270 valence electrons. The van der Waals surface area contributed by atoms with Crippen molar-refractivity contribution in [2.24, 2.45) is 5.92 Å². The summed E-state index contributed by atoms with van der Waals surface area (Å²) in [5.74, 6) is 0.967. The molecule has 2 heterocycles. The lowest BCUT2D eigenvalue weighted by molar-refractivity contribution is 0.563. The summed E-state index contributed by atoms with van der Waals surface area (Å²) in [6.07, 6.45) is 3.48. The number of allylic oxidation sites excluding steroid dienone is 1. The molecule has 3 heteroatoms. The molecule has 2 aliphatic rings. The van der Waals surface area contributed by atoms with E-state index in [4.69, 9.17) is 9.97 Å². The van der Waals surface area contributed by atoms with E-state index in [1.807, 2.05) is 12.1 Å². The second-order valence-corrected chi connectivity index (χ2v) is 15.4. The van der Waals surface area contributed by atoms with Crippen LogP contribution in [0.5, 0.6) is 0 Å². The fourth-order valence-electron chi connectivity index (χ4n) is 9.71. The number of rotatable bonds is 6. The molecule has 2 aliphatic carbocycles. The van der Waals surface area contributed by atoms with Crippen molar-refractivity contribution in [1.82, 2.24) is 14.5 Å². The maximum Gasteiger partial charge on any atom is 0.160 e. The second kappa shape index (κ2) is 13.3. The third kappa shape index (κ3) is 5.19. The molecule has 7 aromatic carbocycles. The first-order chi connectivity index (χ1) is 28.2. The average Bonchev–Trinajstić information content (AvgIpc) is 3.77. The average molecular weight is 730 g/mol. The summed E-state index contributed by atoms with van der Waals surface area (Å²) >= 11 is 0. The van der Waals surface area contributed by atoms with Crippen LogP contribution in [-0.2, 0) is 11.8 Å². The zero-order chi connectivity index (χ0) is 37.9. The van der Waals surface area contributed by atoms with Crippen molar-refractivity contribution >= 4 is 17.0 Å². The lowest BCUT2D eigenvalue weighted by Crippen LogP contribution is -2.34. The van der Waals surface area contributed by atoms with Gasteiger partial charge in [-0.05, 0) is 70.0 Å². The maximum atomic E-state index is 5.17. The third-order valence-electron chi connectivity index (χ3n) is 12.2. The predicted molar refractivity (Wildman–Crippen MR) is 234 cm³/mol. The van der Waals surface area contributed by atoms with Gasteiger partial charge in [-0.15, -0.1) is 0 Å². The standard InChI is InChI=1S/C54H39N3/c1-36-33-52-45(44-25-13-16-28-51(44)57(52)41-21-9-4-10-22-41)34-48(36)54(46-26-14-11-23-42(46)43-24-12-15-27-47(43)54)40-31-29-39(30-32-40)53-55-49(37-17-5-2-6-18-37)35-50(56-53)38-19-7-3-8-20-38/h2-32,34-36H,33H2,1H3/t36-/m1/s1. The van der Waals surface area contributed by atoms with E-state index in [1.165, 1.54) is 61.2 Å². The second-order valence-electron chi connectivity index (χ2n) is 15.4. The molecule has 1 atom stereocenters. The van der Waals surface area contributed by atoms with E-state index in [1.54, 1.807) is 0 Å². The first kappa shape index (κ1) is 33.3. The van der Waals surface area contributed by atoms with Gasteiger partial charge in [0.25, 0.3) is 0 Å². The molecule has 2 aromatic heterocycles. The quantitative estimate of drug-likeness (QED) is 0.171. The van der Waals surface area contributed by atoms with Gasteiger partial charge in [0.2, 0.25) is 0 Å². The van der Waals surface area contributed by atoms with E-state index in [-0.39, 0.29) is 5.92 Å². The SMILES string of the molecule is C[C@@H]1Cc2c(c3ccccc3n2-c2ccccc2)C=C1C1(c2ccc(-c3nc(-c4ccccc4)cc(-c4ccccc4)n3)cc2)c2ccccc2-c2ccccc21. The summed E-state index contributed by atoms with van der Waals surface area (Å²) in [5.41, 5.74) is 17.5. The summed E-state index contributed by atoms with van der Waals surface area (Å²) in [4.78, 5) is 10.3. The van der Waals surface area contributed by atoms with Gasteiger partial charge in [0, 0.05) is 39.0 Å². The lowest BCUT2D eigenvalue weighted by Gasteiger charge is -2.40. The van der Waals surface area contributed by atoms with Crippen LogP contribution in [0.2, 0.25) is 0 Å². The minimum atomic E-state index is -0.499. The van der Waals surface area contributed by atoms with E-state index < -0.39 is 5.41 Å². The highest BCUT2D eigenvalue weighted by molar-refractivity contribution is 5.96. The molecule has 0 amide bonds. The Morgan fingerprint density at radius 1 is 0.526 bits per heavy atom. The van der Waals surface area contributed by atoms with Crippen molar-refractivity contribution < 1.29 is 0 Å². The number of benzene rings is 7. The Morgan fingerprint density at radius 2 is 1.05 bits per heavy atom. The van der Waals surface area contributed by atoms with Crippen molar-refractivity contribution in [2.75, 3.05) is 0 Å². The van der Waals surface area contributed by atoms with Gasteiger partial charge >= 0.3 is 0 Å². The number of hydrogen-bond acceptors (Lipinski definition) is 2. The Bertz CT molecular complexity index is 2870. The molecule has 57 heavy (non-hydrogen) atoms. The molecule has 9 aromatic rings. The molecular formula is C54H39N3. The van der Waals surface area contributed by atoms with Crippen LogP contribution in [0.4, 0.5) is 0 Å². The molecule has 11 rings (SSSR count). The third-order valence-corrected chi connectivity index (χ3v) is 12.2. The Hall–Kier alpha value is -7.10. The van der Waals surface area contributed by atoms with Crippen molar-refractivity contribution in [2.45, 2.75) is 18.8 Å². The Balaban J connectivity index is 1.13. The zero-order valence-electron chi connectivity index (χ0n) is 31.7. The van der Waals surface area contributed by atoms with Crippen LogP contribution < -0.4 is 0 Å². The highest BCUT2D eigenvalue weighted by atomic mass is 15.0. The monoisotopic (exact) mass is 729 g/mol. The fourth-order valence-corrected chi connectivity index (χ4v) is 9.71. The van der Waals surface area contributed by atoms with Crippen molar-refractivity contribution in [3.8, 4) is 50.7 Å². The minimum Gasteiger partial charge on any atom is -0.313 e. The smallest absolute Gasteiger partial charge is 0.160 e. The van der Waals surface area contributed by atoms with Gasteiger partial charge in [-0.1, -0.05) is 183 Å². The van der Waals surface area contributed by atoms with Gasteiger partial charge in [0.1, 0.15) is 0 Å². The van der Waals surface area contributed by atoms with Crippen molar-refractivity contribution in [3.05, 3.63) is 228 Å². The van der Waals surface area contributed by atoms with E-state index in [2.05, 4.69) is 200 Å². The maximum absolute atomic E-state index is 5.17. The zero-order valence-corrected chi connectivity index (χ0v) is 31.7. The fraction of sp³-hybridized carbons (Fsp3) is 0.0741. The number of nitrogens with zero attached hydrogens (tertiary/aromatic N) is 3. The number of para-hydroxylation sites is 2. The Morgan fingerprint density at radius 3 is 1.67 bits per heavy atom. The first-order valence-electron chi connectivity index (χ1n) is 19.9. The molecule has 0 fully saturated rings. The van der Waals surface area contributed by atoms with E-state index in [0.29, 0.717) is 5.82 Å². The highest BCUT2D eigenvalue weighted by Crippen LogP contribution is 2.59. The lowest BCUT2D eigenvalue weighted by atomic mass is 9.62. The van der Waals surface area contributed by atoms with Crippen molar-refractivity contribution in [3.63, 3.8) is 0 Å². The van der Waals surface area contributed by atoms with E-state index in [9.17, 15) is 0 Å². The van der Waals surface area contributed by atoms with Crippen molar-refractivity contribution in [1.29, 1.82) is 0 Å². The van der Waals surface area contributed by atoms with Gasteiger partial charge in [0.15, 0.2) is 5.82 Å². The molecule has 0 saturated carbocycles. The van der Waals surface area contributed by atoms with Crippen LogP contribution in [0.15, 0.2) is 200 Å². The molecule has 0 saturated heterocycles. The Labute approximate surface area is 333 Å². The van der Waals surface area contributed by atoms with Gasteiger partial charge in [0.05, 0.1) is 22.3 Å². The van der Waals surface area contributed by atoms with Crippen LogP contribution >= 0.6 is 0 Å².